The molecular formula is C9H10FNS. The largest absolute Gasteiger partial charge is 0.326 e. The zero-order valence-electron chi connectivity index (χ0n) is 6.53. The van der Waals surface area contributed by atoms with Crippen molar-refractivity contribution in [2.24, 2.45) is 5.73 Å². The van der Waals surface area contributed by atoms with Crippen LogP contribution in [-0.2, 0) is 0 Å². The van der Waals surface area contributed by atoms with Crippen molar-refractivity contribution in [2.75, 3.05) is 5.75 Å². The van der Waals surface area contributed by atoms with E-state index in [1.54, 1.807) is 0 Å². The molecule has 0 saturated carbocycles. The Morgan fingerprint density at radius 3 is 2.42 bits per heavy atom. The summed E-state index contributed by atoms with van der Waals surface area (Å²) in [5.41, 5.74) is 6.92. The predicted molar refractivity (Wildman–Crippen MR) is 49.6 cm³/mol. The molecule has 2 atom stereocenters. The first-order chi connectivity index (χ1) is 5.77. The van der Waals surface area contributed by atoms with Crippen molar-refractivity contribution in [1.29, 1.82) is 0 Å². The molecule has 1 aromatic rings. The van der Waals surface area contributed by atoms with Gasteiger partial charge in [-0.2, -0.15) is 11.8 Å². The second-order valence-electron chi connectivity index (χ2n) is 2.97. The summed E-state index contributed by atoms with van der Waals surface area (Å²) in [6, 6.07) is 6.85. The highest BCUT2D eigenvalue weighted by atomic mass is 32.2. The highest BCUT2D eigenvalue weighted by Crippen LogP contribution is 2.41. The molecule has 0 aromatic heterocycles. The first-order valence-corrected chi connectivity index (χ1v) is 4.95. The van der Waals surface area contributed by atoms with Crippen LogP contribution in [0, 0.1) is 5.82 Å². The minimum Gasteiger partial charge on any atom is -0.326 e. The zero-order valence-corrected chi connectivity index (χ0v) is 7.35. The molecule has 1 nitrogen and oxygen atoms in total. The minimum absolute atomic E-state index is 0.184. The lowest BCUT2D eigenvalue weighted by molar-refractivity contribution is 0.624. The summed E-state index contributed by atoms with van der Waals surface area (Å²) in [5.74, 6) is 0.832. The van der Waals surface area contributed by atoms with Crippen LogP contribution < -0.4 is 5.73 Å². The SMILES string of the molecule is NC1CSC1c1ccc(F)cc1. The first kappa shape index (κ1) is 8.08. The van der Waals surface area contributed by atoms with E-state index < -0.39 is 0 Å². The standard InChI is InChI=1S/C9H10FNS/c10-7-3-1-6(2-4-7)9-8(11)5-12-9/h1-4,8-9H,5,11H2. The van der Waals surface area contributed by atoms with Gasteiger partial charge in [-0.25, -0.2) is 4.39 Å². The Balaban J connectivity index is 2.18. The number of thioether (sulfide) groups is 1. The van der Waals surface area contributed by atoms with Gasteiger partial charge in [0, 0.05) is 17.0 Å². The van der Waals surface area contributed by atoms with Crippen LogP contribution in [0.25, 0.3) is 0 Å². The van der Waals surface area contributed by atoms with Gasteiger partial charge in [0.1, 0.15) is 5.82 Å². The van der Waals surface area contributed by atoms with Gasteiger partial charge in [-0.05, 0) is 17.7 Å². The van der Waals surface area contributed by atoms with Crippen molar-refractivity contribution < 1.29 is 4.39 Å². The summed E-state index contributed by atoms with van der Waals surface area (Å²) in [4.78, 5) is 0. The normalized spacial score (nSPS) is 28.2. The van der Waals surface area contributed by atoms with E-state index in [0.29, 0.717) is 5.25 Å². The summed E-state index contributed by atoms with van der Waals surface area (Å²) in [7, 11) is 0. The average Bonchev–Trinajstić information content (AvgIpc) is 2.06. The highest BCUT2D eigenvalue weighted by molar-refractivity contribution is 8.01. The molecule has 2 unspecified atom stereocenters. The third-order valence-corrected chi connectivity index (χ3v) is 3.61. The van der Waals surface area contributed by atoms with Gasteiger partial charge < -0.3 is 5.73 Å². The molecule has 1 heterocycles. The minimum atomic E-state index is -0.184. The monoisotopic (exact) mass is 183 g/mol. The highest BCUT2D eigenvalue weighted by Gasteiger charge is 2.29. The Labute approximate surface area is 75.1 Å². The molecule has 1 fully saturated rings. The lowest BCUT2D eigenvalue weighted by Crippen LogP contribution is -2.37. The Bertz CT molecular complexity index is 272. The van der Waals surface area contributed by atoms with Crippen LogP contribution in [0.2, 0.25) is 0 Å². The van der Waals surface area contributed by atoms with E-state index in [1.807, 2.05) is 23.9 Å². The summed E-state index contributed by atoms with van der Waals surface area (Å²) in [6.07, 6.45) is 0. The number of hydrogen-bond donors (Lipinski definition) is 1. The number of benzene rings is 1. The molecule has 0 bridgehead atoms. The van der Waals surface area contributed by atoms with Crippen LogP contribution in [0.1, 0.15) is 10.8 Å². The second kappa shape index (κ2) is 3.07. The van der Waals surface area contributed by atoms with Gasteiger partial charge in [-0.15, -0.1) is 0 Å². The summed E-state index contributed by atoms with van der Waals surface area (Å²) >= 11 is 1.82. The molecule has 1 aliphatic heterocycles. The van der Waals surface area contributed by atoms with Crippen LogP contribution in [-0.4, -0.2) is 11.8 Å². The molecule has 1 saturated heterocycles. The maximum atomic E-state index is 12.5. The number of rotatable bonds is 1. The molecular weight excluding hydrogens is 173 g/mol. The van der Waals surface area contributed by atoms with E-state index in [9.17, 15) is 4.39 Å². The van der Waals surface area contributed by atoms with Crippen molar-refractivity contribution in [3.63, 3.8) is 0 Å². The topological polar surface area (TPSA) is 26.0 Å². The molecule has 1 aliphatic rings. The van der Waals surface area contributed by atoms with Crippen molar-refractivity contribution in [2.45, 2.75) is 11.3 Å². The summed E-state index contributed by atoms with van der Waals surface area (Å²) in [5, 5.41) is 0.380. The molecule has 0 aliphatic carbocycles. The molecule has 2 rings (SSSR count). The fourth-order valence-corrected chi connectivity index (χ4v) is 2.26. The molecule has 1 aromatic carbocycles. The lowest BCUT2D eigenvalue weighted by Gasteiger charge is -2.33. The van der Waals surface area contributed by atoms with Gasteiger partial charge in [0.2, 0.25) is 0 Å². The molecule has 2 N–H and O–H groups in total. The van der Waals surface area contributed by atoms with Crippen LogP contribution in [0.4, 0.5) is 4.39 Å². The third kappa shape index (κ3) is 1.34. The van der Waals surface area contributed by atoms with Crippen molar-refractivity contribution in [1.82, 2.24) is 0 Å². The molecule has 0 amide bonds. The van der Waals surface area contributed by atoms with Crippen LogP contribution in [0.5, 0.6) is 0 Å². The smallest absolute Gasteiger partial charge is 0.123 e. The Morgan fingerprint density at radius 2 is 2.00 bits per heavy atom. The van der Waals surface area contributed by atoms with Gasteiger partial charge >= 0.3 is 0 Å². The number of hydrogen-bond acceptors (Lipinski definition) is 2. The second-order valence-corrected chi connectivity index (χ2v) is 4.14. The lowest BCUT2D eigenvalue weighted by atomic mass is 10.1. The van der Waals surface area contributed by atoms with E-state index in [-0.39, 0.29) is 11.9 Å². The summed E-state index contributed by atoms with van der Waals surface area (Å²) in [6.45, 7) is 0. The quantitative estimate of drug-likeness (QED) is 0.720. The first-order valence-electron chi connectivity index (χ1n) is 3.90. The summed E-state index contributed by atoms with van der Waals surface area (Å²) < 4.78 is 12.5. The van der Waals surface area contributed by atoms with Crippen molar-refractivity contribution >= 4 is 11.8 Å². The molecule has 3 heteroatoms. The predicted octanol–water partition coefficient (Wildman–Crippen LogP) is 1.94. The zero-order chi connectivity index (χ0) is 8.55. The number of halogens is 1. The number of nitrogens with two attached hydrogens (primary N) is 1. The van der Waals surface area contributed by atoms with Gasteiger partial charge in [0.25, 0.3) is 0 Å². The average molecular weight is 183 g/mol. The maximum Gasteiger partial charge on any atom is 0.123 e. The van der Waals surface area contributed by atoms with Crippen molar-refractivity contribution in [3.05, 3.63) is 35.6 Å². The Hall–Kier alpha value is -0.540. The molecule has 12 heavy (non-hydrogen) atoms. The van der Waals surface area contributed by atoms with Gasteiger partial charge in [-0.1, -0.05) is 12.1 Å². The van der Waals surface area contributed by atoms with Gasteiger partial charge in [0.05, 0.1) is 0 Å². The van der Waals surface area contributed by atoms with E-state index in [0.717, 1.165) is 11.3 Å². The van der Waals surface area contributed by atoms with E-state index in [1.165, 1.54) is 12.1 Å². The van der Waals surface area contributed by atoms with E-state index in [2.05, 4.69) is 0 Å². The van der Waals surface area contributed by atoms with Crippen LogP contribution in [0.15, 0.2) is 24.3 Å². The van der Waals surface area contributed by atoms with Crippen LogP contribution >= 0.6 is 11.8 Å². The van der Waals surface area contributed by atoms with E-state index >= 15 is 0 Å². The fourth-order valence-electron chi connectivity index (χ4n) is 1.30. The van der Waals surface area contributed by atoms with Gasteiger partial charge in [-0.3, -0.25) is 0 Å². The fraction of sp³-hybridized carbons (Fsp3) is 0.333. The third-order valence-electron chi connectivity index (χ3n) is 2.06. The van der Waals surface area contributed by atoms with Crippen molar-refractivity contribution in [3.8, 4) is 0 Å². The Morgan fingerprint density at radius 1 is 1.33 bits per heavy atom. The molecule has 0 spiro atoms. The van der Waals surface area contributed by atoms with E-state index in [4.69, 9.17) is 5.73 Å². The maximum absolute atomic E-state index is 12.5. The molecule has 64 valence electrons. The van der Waals surface area contributed by atoms with Gasteiger partial charge in [0.15, 0.2) is 0 Å². The Kier molecular flexibility index (Phi) is 2.07. The van der Waals surface area contributed by atoms with Crippen LogP contribution in [0.3, 0.4) is 0 Å². The molecule has 0 radical (unpaired) electrons.